The minimum atomic E-state index is 0.0366. The summed E-state index contributed by atoms with van der Waals surface area (Å²) in [5.41, 5.74) is 2.20. The predicted molar refractivity (Wildman–Crippen MR) is 102 cm³/mol. The Morgan fingerprint density at radius 3 is 0.815 bits per heavy atom. The second-order valence-electron chi connectivity index (χ2n) is 5.98. The Hall–Kier alpha value is -3.93. The molecule has 0 fully saturated rings. The molecule has 0 aliphatic carbocycles. The summed E-state index contributed by atoms with van der Waals surface area (Å²) in [4.78, 5) is 0. The second-order valence-corrected chi connectivity index (χ2v) is 5.98. The second kappa shape index (κ2) is 6.76. The molecule has 6 nitrogen and oxygen atoms in total. The zero-order valence-corrected chi connectivity index (χ0v) is 14.5. The molecule has 0 saturated carbocycles. The van der Waals surface area contributed by atoms with Crippen LogP contribution in [0.1, 0.15) is 0 Å². The summed E-state index contributed by atoms with van der Waals surface area (Å²) < 4.78 is 4.58. The molecular formula is C21H18N6. The van der Waals surface area contributed by atoms with E-state index in [2.05, 4.69) is 0 Å². The predicted octanol–water partition coefficient (Wildman–Crippen LogP) is 2.50. The van der Waals surface area contributed by atoms with Gasteiger partial charge in [-0.15, -0.1) is 0 Å². The molecule has 0 spiro atoms. The van der Waals surface area contributed by atoms with Crippen LogP contribution < -0.4 is 16.9 Å². The Bertz CT molecular complexity index is 1060. The van der Waals surface area contributed by atoms with Gasteiger partial charge in [-0.3, -0.25) is 16.2 Å². The van der Waals surface area contributed by atoms with Gasteiger partial charge in [-0.2, -0.15) is 0 Å². The quantitative estimate of drug-likeness (QED) is 0.505. The fraction of sp³-hybridized carbons (Fsp3) is 0. The molecule has 4 aromatic rings. The Labute approximate surface area is 155 Å². The van der Waals surface area contributed by atoms with Crippen molar-refractivity contribution in [3.05, 3.63) is 108 Å². The van der Waals surface area contributed by atoms with Crippen molar-refractivity contribution in [2.45, 2.75) is 0 Å². The average molecular weight is 354 g/mol. The minimum Gasteiger partial charge on any atom is -0.268 e. The highest BCUT2D eigenvalue weighted by molar-refractivity contribution is 5.36. The van der Waals surface area contributed by atoms with Crippen molar-refractivity contribution in [1.82, 2.24) is 13.7 Å². The van der Waals surface area contributed by atoms with Gasteiger partial charge in [0.15, 0.2) is 0 Å². The van der Waals surface area contributed by atoms with Gasteiger partial charge in [-0.25, -0.2) is 13.7 Å². The maximum absolute atomic E-state index is 8.73. The molecule has 1 aromatic heterocycles. The van der Waals surface area contributed by atoms with Crippen LogP contribution in [0.15, 0.2) is 91.0 Å². The molecule has 0 saturated heterocycles. The number of nitrogens with one attached hydrogen (secondary N) is 3. The van der Waals surface area contributed by atoms with E-state index in [-0.39, 0.29) is 16.9 Å². The number of hydrogen-bond acceptors (Lipinski definition) is 3. The van der Waals surface area contributed by atoms with E-state index in [1.807, 2.05) is 91.0 Å². The summed E-state index contributed by atoms with van der Waals surface area (Å²) in [6.45, 7) is 0. The molecule has 0 aliphatic heterocycles. The van der Waals surface area contributed by atoms with E-state index in [9.17, 15) is 0 Å². The Morgan fingerprint density at radius 1 is 0.370 bits per heavy atom. The number of aromatic nitrogens is 3. The van der Waals surface area contributed by atoms with Gasteiger partial charge >= 0.3 is 0 Å². The van der Waals surface area contributed by atoms with Crippen LogP contribution >= 0.6 is 0 Å². The van der Waals surface area contributed by atoms with Gasteiger partial charge < -0.3 is 0 Å². The summed E-state index contributed by atoms with van der Waals surface area (Å²) >= 11 is 0. The van der Waals surface area contributed by atoms with E-state index < -0.39 is 0 Å². The van der Waals surface area contributed by atoms with Crippen LogP contribution in [0.5, 0.6) is 0 Å². The molecule has 132 valence electrons. The molecule has 1 heterocycles. The minimum absolute atomic E-state index is 0.0366. The average Bonchev–Trinajstić information content (AvgIpc) is 2.70. The van der Waals surface area contributed by atoms with Crippen molar-refractivity contribution in [2.24, 2.45) is 0 Å². The first kappa shape index (κ1) is 16.5. The van der Waals surface area contributed by atoms with Gasteiger partial charge in [0.2, 0.25) is 16.9 Å². The molecule has 27 heavy (non-hydrogen) atoms. The number of hydrogen-bond donors (Lipinski definition) is 3. The van der Waals surface area contributed by atoms with Crippen molar-refractivity contribution in [3.8, 4) is 17.1 Å². The highest BCUT2D eigenvalue weighted by Crippen LogP contribution is 2.06. The van der Waals surface area contributed by atoms with E-state index in [1.165, 1.54) is 13.7 Å². The number of rotatable bonds is 3. The SMILES string of the molecule is N=c1n(-c2ccccc2)c(=N)n(-c2ccccc2)c(=N)n1-c1ccccc1. The normalized spacial score (nSPS) is 10.7. The first-order valence-electron chi connectivity index (χ1n) is 8.49. The van der Waals surface area contributed by atoms with E-state index in [0.29, 0.717) is 17.1 Å². The zero-order chi connectivity index (χ0) is 18.8. The molecule has 0 bridgehead atoms. The van der Waals surface area contributed by atoms with Crippen LogP contribution in [-0.2, 0) is 0 Å². The Kier molecular flexibility index (Phi) is 4.14. The summed E-state index contributed by atoms with van der Waals surface area (Å²) in [5.74, 6) is 0. The maximum atomic E-state index is 8.73. The molecule has 0 atom stereocenters. The van der Waals surface area contributed by atoms with E-state index in [1.54, 1.807) is 0 Å². The van der Waals surface area contributed by atoms with Gasteiger partial charge in [0.1, 0.15) is 0 Å². The molecule has 6 heteroatoms. The Morgan fingerprint density at radius 2 is 0.593 bits per heavy atom. The van der Waals surface area contributed by atoms with Crippen LogP contribution in [0, 0.1) is 16.2 Å². The van der Waals surface area contributed by atoms with Crippen LogP contribution in [0.25, 0.3) is 17.1 Å². The van der Waals surface area contributed by atoms with Crippen LogP contribution in [0.4, 0.5) is 0 Å². The van der Waals surface area contributed by atoms with Crippen molar-refractivity contribution in [1.29, 1.82) is 16.2 Å². The molecule has 0 amide bonds. The summed E-state index contributed by atoms with van der Waals surface area (Å²) in [7, 11) is 0. The number of nitrogens with zero attached hydrogens (tertiary/aromatic N) is 3. The lowest BCUT2D eigenvalue weighted by molar-refractivity contribution is 0.588. The molecule has 3 aromatic carbocycles. The van der Waals surface area contributed by atoms with Crippen molar-refractivity contribution in [3.63, 3.8) is 0 Å². The van der Waals surface area contributed by atoms with Crippen molar-refractivity contribution >= 4 is 0 Å². The van der Waals surface area contributed by atoms with E-state index in [4.69, 9.17) is 16.2 Å². The van der Waals surface area contributed by atoms with Crippen LogP contribution in [-0.4, -0.2) is 13.7 Å². The fourth-order valence-corrected chi connectivity index (χ4v) is 3.07. The van der Waals surface area contributed by atoms with Crippen molar-refractivity contribution in [2.75, 3.05) is 0 Å². The van der Waals surface area contributed by atoms with Crippen LogP contribution in [0.3, 0.4) is 0 Å². The maximum Gasteiger partial charge on any atom is 0.217 e. The van der Waals surface area contributed by atoms with Gasteiger partial charge in [0.25, 0.3) is 0 Å². The van der Waals surface area contributed by atoms with E-state index >= 15 is 0 Å². The smallest absolute Gasteiger partial charge is 0.217 e. The lowest BCUT2D eigenvalue weighted by Crippen LogP contribution is -2.53. The summed E-state index contributed by atoms with van der Waals surface area (Å²) in [6, 6.07) is 28.0. The molecule has 4 rings (SSSR count). The van der Waals surface area contributed by atoms with Gasteiger partial charge in [-0.1, -0.05) is 54.6 Å². The van der Waals surface area contributed by atoms with Crippen LogP contribution in [0.2, 0.25) is 0 Å². The zero-order valence-electron chi connectivity index (χ0n) is 14.5. The molecular weight excluding hydrogens is 336 g/mol. The van der Waals surface area contributed by atoms with E-state index in [0.717, 1.165) is 0 Å². The lowest BCUT2D eigenvalue weighted by atomic mass is 10.3. The van der Waals surface area contributed by atoms with Gasteiger partial charge in [0, 0.05) is 0 Å². The third-order valence-electron chi connectivity index (χ3n) is 4.31. The first-order chi connectivity index (χ1) is 13.2. The van der Waals surface area contributed by atoms with Gasteiger partial charge in [-0.05, 0) is 36.4 Å². The Balaban J connectivity index is 2.18. The topological polar surface area (TPSA) is 86.3 Å². The molecule has 0 radical (unpaired) electrons. The monoisotopic (exact) mass is 354 g/mol. The highest BCUT2D eigenvalue weighted by Gasteiger charge is 2.13. The summed E-state index contributed by atoms with van der Waals surface area (Å²) in [6.07, 6.45) is 0. The molecule has 0 aliphatic rings. The largest absolute Gasteiger partial charge is 0.268 e. The lowest BCUT2D eigenvalue weighted by Gasteiger charge is -2.18. The fourth-order valence-electron chi connectivity index (χ4n) is 3.07. The standard InChI is InChI=1S/C21H18N6/c22-19-25(16-10-4-1-5-11-16)20(23)27(18-14-8-3-9-15-18)21(24)26(19)17-12-6-2-7-13-17/h1-15,22-24H. The highest BCUT2D eigenvalue weighted by atomic mass is 15.3. The number of benzene rings is 3. The van der Waals surface area contributed by atoms with Crippen molar-refractivity contribution < 1.29 is 0 Å². The molecule has 3 N–H and O–H groups in total. The third-order valence-corrected chi connectivity index (χ3v) is 4.31. The number of para-hydroxylation sites is 3. The van der Waals surface area contributed by atoms with Gasteiger partial charge in [0.05, 0.1) is 17.1 Å². The summed E-state index contributed by atoms with van der Waals surface area (Å²) in [5, 5.41) is 26.2. The third kappa shape index (κ3) is 2.83. The first-order valence-corrected chi connectivity index (χ1v) is 8.49. The molecule has 0 unspecified atom stereocenters.